The van der Waals surface area contributed by atoms with Gasteiger partial charge >= 0.3 is 5.97 Å². The highest BCUT2D eigenvalue weighted by molar-refractivity contribution is 6.30. The molecular weight excluding hydrogens is 268 g/mol. The maximum Gasteiger partial charge on any atom is 0.335 e. The zero-order chi connectivity index (χ0) is 14.0. The van der Waals surface area contributed by atoms with Crippen LogP contribution in [0.2, 0.25) is 5.15 Å². The Balaban J connectivity index is 2.14. The molecule has 0 spiro atoms. The number of aromatic nitrogens is 2. The number of aromatic carboxylic acids is 1. The molecule has 0 saturated carbocycles. The van der Waals surface area contributed by atoms with Crippen LogP contribution in [0.15, 0.2) is 24.3 Å². The molecule has 0 radical (unpaired) electrons. The molecule has 19 heavy (non-hydrogen) atoms. The molecule has 0 aliphatic heterocycles. The van der Waals surface area contributed by atoms with E-state index in [9.17, 15) is 4.79 Å². The summed E-state index contributed by atoms with van der Waals surface area (Å²) in [6, 6.07) is 6.32. The van der Waals surface area contributed by atoms with E-state index in [1.54, 1.807) is 23.9 Å². The third-order valence-corrected chi connectivity index (χ3v) is 3.21. The van der Waals surface area contributed by atoms with E-state index in [0.29, 0.717) is 10.9 Å². The Morgan fingerprint density at radius 2 is 2.26 bits per heavy atom. The first-order valence-corrected chi connectivity index (χ1v) is 6.01. The first kappa shape index (κ1) is 13.4. The molecule has 1 aromatic carbocycles. The predicted octanol–water partition coefficient (Wildman–Crippen LogP) is 2.66. The molecule has 0 aliphatic rings. The van der Waals surface area contributed by atoms with Gasteiger partial charge in [0.25, 0.3) is 0 Å². The van der Waals surface area contributed by atoms with Gasteiger partial charge in [-0.2, -0.15) is 5.10 Å². The van der Waals surface area contributed by atoms with Crippen molar-refractivity contribution in [2.45, 2.75) is 13.5 Å². The van der Waals surface area contributed by atoms with Crippen molar-refractivity contribution in [2.24, 2.45) is 7.05 Å². The minimum atomic E-state index is -0.985. The summed E-state index contributed by atoms with van der Waals surface area (Å²) in [6.07, 6.45) is 0. The first-order valence-electron chi connectivity index (χ1n) is 5.63. The number of carbonyl (C=O) groups is 1. The lowest BCUT2D eigenvalue weighted by Gasteiger charge is -2.06. The molecule has 1 aromatic heterocycles. The number of carboxylic acids is 1. The van der Waals surface area contributed by atoms with Gasteiger partial charge in [0.1, 0.15) is 17.5 Å². The van der Waals surface area contributed by atoms with E-state index >= 15 is 0 Å². The van der Waals surface area contributed by atoms with Crippen LogP contribution in [0.25, 0.3) is 0 Å². The summed E-state index contributed by atoms with van der Waals surface area (Å²) in [5.74, 6) is -0.500. The van der Waals surface area contributed by atoms with Gasteiger partial charge in [-0.25, -0.2) is 4.79 Å². The van der Waals surface area contributed by atoms with Crippen LogP contribution >= 0.6 is 11.6 Å². The Morgan fingerprint density at radius 3 is 2.84 bits per heavy atom. The van der Waals surface area contributed by atoms with E-state index in [4.69, 9.17) is 21.4 Å². The summed E-state index contributed by atoms with van der Waals surface area (Å²) in [7, 11) is 1.75. The minimum Gasteiger partial charge on any atom is -0.489 e. The first-order chi connectivity index (χ1) is 8.99. The molecule has 0 aliphatic carbocycles. The highest BCUT2D eigenvalue weighted by Gasteiger charge is 2.12. The fraction of sp³-hybridized carbons (Fsp3) is 0.231. The number of carboxylic acid groups (broad SMARTS) is 1. The maximum atomic E-state index is 10.8. The smallest absolute Gasteiger partial charge is 0.335 e. The summed E-state index contributed by atoms with van der Waals surface area (Å²) >= 11 is 6.09. The standard InChI is InChI=1S/C13H13ClN2O3/c1-8-11(12(14)16(2)15-8)7-19-10-5-3-4-9(6-10)13(17)18/h3-6H,7H2,1-2H3,(H,17,18). The lowest BCUT2D eigenvalue weighted by molar-refractivity contribution is 0.0696. The van der Waals surface area contributed by atoms with E-state index in [1.807, 2.05) is 6.92 Å². The highest BCUT2D eigenvalue weighted by Crippen LogP contribution is 2.21. The predicted molar refractivity (Wildman–Crippen MR) is 70.7 cm³/mol. The second-order valence-electron chi connectivity index (χ2n) is 4.10. The largest absolute Gasteiger partial charge is 0.489 e. The van der Waals surface area contributed by atoms with Gasteiger partial charge in [-0.05, 0) is 25.1 Å². The SMILES string of the molecule is Cc1nn(C)c(Cl)c1COc1cccc(C(=O)O)c1. The third-order valence-electron chi connectivity index (χ3n) is 2.73. The van der Waals surface area contributed by atoms with Gasteiger partial charge in [0.2, 0.25) is 0 Å². The molecule has 0 amide bonds. The van der Waals surface area contributed by atoms with Crippen LogP contribution in [0, 0.1) is 6.92 Å². The number of benzene rings is 1. The van der Waals surface area contributed by atoms with Crippen molar-refractivity contribution in [1.82, 2.24) is 9.78 Å². The van der Waals surface area contributed by atoms with Gasteiger partial charge in [0, 0.05) is 12.6 Å². The molecule has 0 saturated heterocycles. The number of aryl methyl sites for hydroxylation is 2. The molecule has 2 rings (SSSR count). The second kappa shape index (κ2) is 5.32. The monoisotopic (exact) mass is 280 g/mol. The summed E-state index contributed by atoms with van der Waals surface area (Å²) in [4.78, 5) is 10.8. The van der Waals surface area contributed by atoms with Crippen LogP contribution in [0.3, 0.4) is 0 Å². The molecule has 1 heterocycles. The van der Waals surface area contributed by atoms with E-state index in [-0.39, 0.29) is 12.2 Å². The van der Waals surface area contributed by atoms with Crippen LogP contribution < -0.4 is 4.74 Å². The fourth-order valence-corrected chi connectivity index (χ4v) is 1.94. The zero-order valence-corrected chi connectivity index (χ0v) is 11.3. The third kappa shape index (κ3) is 2.88. The average molecular weight is 281 g/mol. The molecule has 100 valence electrons. The van der Waals surface area contributed by atoms with Crippen molar-refractivity contribution >= 4 is 17.6 Å². The van der Waals surface area contributed by atoms with Gasteiger partial charge in [-0.1, -0.05) is 17.7 Å². The van der Waals surface area contributed by atoms with E-state index in [0.717, 1.165) is 11.3 Å². The van der Waals surface area contributed by atoms with Crippen molar-refractivity contribution in [3.05, 3.63) is 46.2 Å². The Hall–Kier alpha value is -2.01. The number of rotatable bonds is 4. The average Bonchev–Trinajstić information content (AvgIpc) is 2.61. The van der Waals surface area contributed by atoms with Gasteiger partial charge in [0.05, 0.1) is 11.3 Å². The lowest BCUT2D eigenvalue weighted by atomic mass is 10.2. The van der Waals surface area contributed by atoms with Crippen molar-refractivity contribution in [3.63, 3.8) is 0 Å². The Morgan fingerprint density at radius 1 is 1.53 bits per heavy atom. The van der Waals surface area contributed by atoms with Gasteiger partial charge in [-0.3, -0.25) is 4.68 Å². The zero-order valence-electron chi connectivity index (χ0n) is 10.6. The number of halogens is 1. The van der Waals surface area contributed by atoms with Crippen LogP contribution in [0.5, 0.6) is 5.75 Å². The Bertz CT molecular complexity index is 622. The van der Waals surface area contributed by atoms with Crippen molar-refractivity contribution in [1.29, 1.82) is 0 Å². The quantitative estimate of drug-likeness (QED) is 0.935. The molecular formula is C13H13ClN2O3. The van der Waals surface area contributed by atoms with E-state index in [1.165, 1.54) is 12.1 Å². The normalized spacial score (nSPS) is 10.5. The Kier molecular flexibility index (Phi) is 3.76. The van der Waals surface area contributed by atoms with Crippen molar-refractivity contribution < 1.29 is 14.6 Å². The van der Waals surface area contributed by atoms with Crippen LogP contribution in [0.4, 0.5) is 0 Å². The molecule has 0 fully saturated rings. The highest BCUT2D eigenvalue weighted by atomic mass is 35.5. The molecule has 5 nitrogen and oxygen atoms in total. The minimum absolute atomic E-state index is 0.187. The molecule has 1 N–H and O–H groups in total. The maximum absolute atomic E-state index is 10.8. The topological polar surface area (TPSA) is 64.4 Å². The lowest BCUT2D eigenvalue weighted by Crippen LogP contribution is -2.00. The summed E-state index contributed by atoms with van der Waals surface area (Å²) in [6.45, 7) is 2.10. The van der Waals surface area contributed by atoms with Crippen LogP contribution in [0.1, 0.15) is 21.6 Å². The Labute approximate surface area is 115 Å². The number of hydrogen-bond donors (Lipinski definition) is 1. The molecule has 6 heteroatoms. The molecule has 0 unspecified atom stereocenters. The summed E-state index contributed by atoms with van der Waals surface area (Å²) in [5, 5.41) is 13.6. The molecule has 2 aromatic rings. The summed E-state index contributed by atoms with van der Waals surface area (Å²) < 4.78 is 7.13. The van der Waals surface area contributed by atoms with Crippen LogP contribution in [-0.4, -0.2) is 20.9 Å². The molecule has 0 bridgehead atoms. The summed E-state index contributed by atoms with van der Waals surface area (Å²) in [5.41, 5.74) is 1.78. The second-order valence-corrected chi connectivity index (χ2v) is 4.46. The van der Waals surface area contributed by atoms with E-state index < -0.39 is 5.97 Å². The number of nitrogens with zero attached hydrogens (tertiary/aromatic N) is 2. The van der Waals surface area contributed by atoms with Gasteiger partial charge in [-0.15, -0.1) is 0 Å². The number of hydrogen-bond acceptors (Lipinski definition) is 3. The van der Waals surface area contributed by atoms with E-state index in [2.05, 4.69) is 5.10 Å². The van der Waals surface area contributed by atoms with Gasteiger partial charge in [0.15, 0.2) is 0 Å². The van der Waals surface area contributed by atoms with Crippen LogP contribution in [-0.2, 0) is 13.7 Å². The fourth-order valence-electron chi connectivity index (χ4n) is 1.71. The molecule has 0 atom stereocenters. The van der Waals surface area contributed by atoms with Gasteiger partial charge < -0.3 is 9.84 Å². The number of ether oxygens (including phenoxy) is 1. The van der Waals surface area contributed by atoms with Crippen molar-refractivity contribution in [3.8, 4) is 5.75 Å². The van der Waals surface area contributed by atoms with Crippen molar-refractivity contribution in [2.75, 3.05) is 0 Å².